The number of ether oxygens (including phenoxy) is 1. The highest BCUT2D eigenvalue weighted by Gasteiger charge is 2.31. The smallest absolute Gasteiger partial charge is 0.244 e. The Morgan fingerprint density at radius 1 is 1.12 bits per heavy atom. The zero-order valence-corrected chi connectivity index (χ0v) is 20.0. The number of carbonyl (C=O) groups is 2. The number of nitrogens with one attached hydrogen (secondary N) is 1. The fourth-order valence-corrected chi connectivity index (χ4v) is 4.23. The van der Waals surface area contributed by atoms with Gasteiger partial charge in [0.1, 0.15) is 18.3 Å². The first kappa shape index (κ1) is 25.2. The van der Waals surface area contributed by atoms with Crippen molar-refractivity contribution in [2.45, 2.75) is 32.9 Å². The van der Waals surface area contributed by atoms with Gasteiger partial charge in [-0.15, -0.1) is 0 Å². The lowest BCUT2D eigenvalue weighted by atomic mass is 10.1. The Kier molecular flexibility index (Phi) is 8.65. The predicted octanol–water partition coefficient (Wildman–Crippen LogP) is 2.32. The van der Waals surface area contributed by atoms with Gasteiger partial charge in [-0.1, -0.05) is 36.8 Å². The number of hydrogen-bond donors (Lipinski definition) is 1. The molecule has 2 amide bonds. The van der Waals surface area contributed by atoms with Crippen LogP contribution in [-0.4, -0.2) is 58.1 Å². The second kappa shape index (κ2) is 11.0. The second-order valence-electron chi connectivity index (χ2n) is 7.52. The number of anilines is 1. The molecule has 2 aromatic carbocycles. The van der Waals surface area contributed by atoms with Crippen LogP contribution in [0.3, 0.4) is 0 Å². The van der Waals surface area contributed by atoms with Crippen molar-refractivity contribution in [2.75, 3.05) is 31.3 Å². The van der Waals surface area contributed by atoms with E-state index in [-0.39, 0.29) is 12.5 Å². The normalized spacial score (nSPS) is 12.0. The first-order valence-corrected chi connectivity index (χ1v) is 12.1. The maximum absolute atomic E-state index is 13.4. The largest absolute Gasteiger partial charge is 0.497 e. The van der Waals surface area contributed by atoms with Crippen molar-refractivity contribution in [3.63, 3.8) is 0 Å². The molecule has 0 aliphatic heterocycles. The van der Waals surface area contributed by atoms with Crippen LogP contribution in [0.1, 0.15) is 24.5 Å². The SMILES string of the molecule is CC[C@@H](C(=O)NC)N(Cc1cccc(OC)c1)C(=O)CN(c1ccc(C)cc1)S(C)(=O)=O. The van der Waals surface area contributed by atoms with Crippen molar-refractivity contribution < 1.29 is 22.7 Å². The van der Waals surface area contributed by atoms with E-state index in [2.05, 4.69) is 5.32 Å². The van der Waals surface area contributed by atoms with Crippen molar-refractivity contribution >= 4 is 27.5 Å². The van der Waals surface area contributed by atoms with Gasteiger partial charge in [0.2, 0.25) is 21.8 Å². The highest BCUT2D eigenvalue weighted by molar-refractivity contribution is 7.92. The van der Waals surface area contributed by atoms with Gasteiger partial charge >= 0.3 is 0 Å². The van der Waals surface area contributed by atoms with Crippen molar-refractivity contribution in [2.24, 2.45) is 0 Å². The van der Waals surface area contributed by atoms with Crippen LogP contribution in [0.2, 0.25) is 0 Å². The maximum atomic E-state index is 13.4. The van der Waals surface area contributed by atoms with Gasteiger partial charge in [-0.05, 0) is 43.2 Å². The van der Waals surface area contributed by atoms with Crippen LogP contribution < -0.4 is 14.4 Å². The Morgan fingerprint density at radius 3 is 2.31 bits per heavy atom. The molecule has 32 heavy (non-hydrogen) atoms. The zero-order chi connectivity index (χ0) is 23.9. The van der Waals surface area contributed by atoms with Crippen LogP contribution >= 0.6 is 0 Å². The number of carbonyl (C=O) groups excluding carboxylic acids is 2. The van der Waals surface area contributed by atoms with E-state index in [1.54, 1.807) is 56.5 Å². The summed E-state index contributed by atoms with van der Waals surface area (Å²) in [5.41, 5.74) is 2.13. The molecule has 0 unspecified atom stereocenters. The molecule has 0 aliphatic rings. The van der Waals surface area contributed by atoms with E-state index in [0.717, 1.165) is 21.7 Å². The number of methoxy groups -OCH3 is 1. The zero-order valence-electron chi connectivity index (χ0n) is 19.2. The Hall–Kier alpha value is -3.07. The molecule has 174 valence electrons. The van der Waals surface area contributed by atoms with Gasteiger partial charge in [0.05, 0.1) is 19.1 Å². The summed E-state index contributed by atoms with van der Waals surface area (Å²) < 4.78 is 31.3. The summed E-state index contributed by atoms with van der Waals surface area (Å²) in [7, 11) is -0.679. The third-order valence-corrected chi connectivity index (χ3v) is 6.26. The molecule has 0 saturated heterocycles. The number of nitrogens with zero attached hydrogens (tertiary/aromatic N) is 2. The second-order valence-corrected chi connectivity index (χ2v) is 9.42. The quantitative estimate of drug-likeness (QED) is 0.586. The van der Waals surface area contributed by atoms with E-state index in [1.807, 2.05) is 13.0 Å². The molecule has 0 aromatic heterocycles. The monoisotopic (exact) mass is 461 g/mol. The number of sulfonamides is 1. The Balaban J connectivity index is 2.42. The van der Waals surface area contributed by atoms with Gasteiger partial charge < -0.3 is 15.0 Å². The van der Waals surface area contributed by atoms with Crippen LogP contribution in [-0.2, 0) is 26.2 Å². The number of amides is 2. The van der Waals surface area contributed by atoms with Crippen LogP contribution in [0.25, 0.3) is 0 Å². The minimum absolute atomic E-state index is 0.132. The summed E-state index contributed by atoms with van der Waals surface area (Å²) in [6.07, 6.45) is 1.43. The molecule has 2 rings (SSSR count). The van der Waals surface area contributed by atoms with Crippen LogP contribution in [0.5, 0.6) is 5.75 Å². The summed E-state index contributed by atoms with van der Waals surface area (Å²) in [6.45, 7) is 3.41. The van der Waals surface area contributed by atoms with Crippen LogP contribution in [0, 0.1) is 6.92 Å². The van der Waals surface area contributed by atoms with Gasteiger partial charge in [-0.25, -0.2) is 8.42 Å². The number of likely N-dealkylation sites (N-methyl/N-ethyl adjacent to an activating group) is 1. The third-order valence-electron chi connectivity index (χ3n) is 5.12. The number of hydrogen-bond acceptors (Lipinski definition) is 5. The lowest BCUT2D eigenvalue weighted by Gasteiger charge is -2.32. The van der Waals surface area contributed by atoms with Gasteiger partial charge in [0, 0.05) is 13.6 Å². The minimum atomic E-state index is -3.74. The van der Waals surface area contributed by atoms with Gasteiger partial charge in [-0.2, -0.15) is 0 Å². The first-order chi connectivity index (χ1) is 15.1. The summed E-state index contributed by atoms with van der Waals surface area (Å²) in [6, 6.07) is 13.3. The average Bonchev–Trinajstić information content (AvgIpc) is 2.77. The summed E-state index contributed by atoms with van der Waals surface area (Å²) in [5.74, 6) is -0.167. The average molecular weight is 462 g/mol. The summed E-state index contributed by atoms with van der Waals surface area (Å²) in [4.78, 5) is 27.4. The molecular weight excluding hydrogens is 430 g/mol. The number of benzene rings is 2. The molecule has 0 saturated carbocycles. The Morgan fingerprint density at radius 2 is 1.78 bits per heavy atom. The molecule has 0 radical (unpaired) electrons. The van der Waals surface area contributed by atoms with E-state index in [0.29, 0.717) is 17.9 Å². The van der Waals surface area contributed by atoms with Gasteiger partial charge in [-0.3, -0.25) is 13.9 Å². The third kappa shape index (κ3) is 6.46. The van der Waals surface area contributed by atoms with Crippen molar-refractivity contribution in [3.8, 4) is 5.75 Å². The lowest BCUT2D eigenvalue weighted by molar-refractivity contribution is -0.140. The number of aryl methyl sites for hydroxylation is 1. The number of rotatable bonds is 10. The maximum Gasteiger partial charge on any atom is 0.244 e. The standard InChI is InChI=1S/C23H31N3O5S/c1-6-21(23(28)24-3)25(15-18-8-7-9-20(14-18)31-4)22(27)16-26(32(5,29)30)19-12-10-17(2)11-13-19/h7-14,21H,6,15-16H2,1-5H3,(H,24,28)/t21-/m0/s1. The molecule has 0 spiro atoms. The Labute approximate surface area is 190 Å². The molecule has 0 heterocycles. The molecule has 1 N–H and O–H groups in total. The van der Waals surface area contributed by atoms with Crippen LogP contribution in [0.4, 0.5) is 5.69 Å². The predicted molar refractivity (Wildman–Crippen MR) is 125 cm³/mol. The highest BCUT2D eigenvalue weighted by atomic mass is 32.2. The van der Waals surface area contributed by atoms with Crippen molar-refractivity contribution in [1.29, 1.82) is 0 Å². The molecule has 0 bridgehead atoms. The van der Waals surface area contributed by atoms with E-state index in [9.17, 15) is 18.0 Å². The molecule has 9 heteroatoms. The molecule has 8 nitrogen and oxygen atoms in total. The van der Waals surface area contributed by atoms with E-state index < -0.39 is 28.5 Å². The lowest BCUT2D eigenvalue weighted by Crippen LogP contribution is -2.51. The topological polar surface area (TPSA) is 96.0 Å². The molecule has 1 atom stereocenters. The Bertz CT molecular complexity index is 1040. The fraction of sp³-hybridized carbons (Fsp3) is 0.391. The van der Waals surface area contributed by atoms with Gasteiger partial charge in [0.25, 0.3) is 0 Å². The first-order valence-electron chi connectivity index (χ1n) is 10.3. The molecule has 0 aliphatic carbocycles. The molecular formula is C23H31N3O5S. The molecule has 2 aromatic rings. The van der Waals surface area contributed by atoms with Crippen LogP contribution in [0.15, 0.2) is 48.5 Å². The van der Waals surface area contributed by atoms with Crippen molar-refractivity contribution in [3.05, 3.63) is 59.7 Å². The van der Waals surface area contributed by atoms with Crippen molar-refractivity contribution in [1.82, 2.24) is 10.2 Å². The van der Waals surface area contributed by atoms with Gasteiger partial charge in [0.15, 0.2) is 0 Å². The summed E-state index contributed by atoms with van der Waals surface area (Å²) in [5, 5.41) is 2.59. The minimum Gasteiger partial charge on any atom is -0.497 e. The van der Waals surface area contributed by atoms with E-state index in [4.69, 9.17) is 4.74 Å². The molecule has 0 fully saturated rings. The fourth-order valence-electron chi connectivity index (χ4n) is 3.38. The van der Waals surface area contributed by atoms with E-state index >= 15 is 0 Å². The highest BCUT2D eigenvalue weighted by Crippen LogP contribution is 2.21. The van der Waals surface area contributed by atoms with E-state index in [1.165, 1.54) is 11.9 Å². The summed E-state index contributed by atoms with van der Waals surface area (Å²) >= 11 is 0.